The summed E-state index contributed by atoms with van der Waals surface area (Å²) in [7, 11) is -4.67. The van der Waals surface area contributed by atoms with Gasteiger partial charge >= 0.3 is 16.4 Å². The molecule has 2 rings (SSSR count). The Morgan fingerprint density at radius 2 is 1.63 bits per heavy atom. The van der Waals surface area contributed by atoms with Gasteiger partial charge < -0.3 is 76.3 Å². The maximum atomic E-state index is 13.4. The summed E-state index contributed by atoms with van der Waals surface area (Å²) in [6, 6.07) is -9.04. The van der Waals surface area contributed by atoms with Crippen molar-refractivity contribution in [3.63, 3.8) is 0 Å². The minimum atomic E-state index is -4.67. The predicted octanol–water partition coefficient (Wildman–Crippen LogP) is -9.28. The molecule has 0 spiro atoms. The molecular weight excluding hydrogens is 708 g/mol. The molecule has 27 heteroatoms. The van der Waals surface area contributed by atoms with Crippen LogP contribution < -0.4 is 71.2 Å². The van der Waals surface area contributed by atoms with Crippen molar-refractivity contribution in [2.24, 2.45) is 33.7 Å². The van der Waals surface area contributed by atoms with Gasteiger partial charge in [0.05, 0.1) is 18.7 Å². The zero-order valence-electron chi connectivity index (χ0n) is 27.0. The monoisotopic (exact) mass is 752 g/mol. The Balaban J connectivity index is 0.00000242. The SMILES string of the molecule is NCCC[C@H](N)C(=O)NC[C@@H]1NC(=O)C(CO)NC(=O)[C@@H](N)CNC(=O)C(C2CCN=C(N)N2)NC(=O)/C(=C/NC(N)=O)NC1=O.O=S(=O)(O)O. The lowest BCUT2D eigenvalue weighted by Gasteiger charge is -2.31. The number of rotatable bonds is 9. The zero-order valence-corrected chi connectivity index (χ0v) is 27.8. The lowest BCUT2D eigenvalue weighted by Crippen LogP contribution is -2.64. The van der Waals surface area contributed by atoms with Crippen molar-refractivity contribution in [1.82, 2.24) is 42.5 Å². The second-order valence-electron chi connectivity index (χ2n) is 10.7. The van der Waals surface area contributed by atoms with Crippen molar-refractivity contribution in [1.29, 1.82) is 0 Å². The number of aliphatic hydroxyl groups excluding tert-OH is 1. The number of nitrogens with two attached hydrogens (primary N) is 5. The summed E-state index contributed by atoms with van der Waals surface area (Å²) in [4.78, 5) is 93.7. The van der Waals surface area contributed by atoms with Gasteiger partial charge in [-0.25, -0.2) is 4.79 Å². The summed E-state index contributed by atoms with van der Waals surface area (Å²) in [5.41, 5.74) is 27.4. The van der Waals surface area contributed by atoms with Crippen LogP contribution in [0.2, 0.25) is 0 Å². The molecule has 288 valence electrons. The maximum absolute atomic E-state index is 13.4. The first-order valence-corrected chi connectivity index (χ1v) is 16.3. The first-order valence-electron chi connectivity index (χ1n) is 14.9. The molecule has 3 unspecified atom stereocenters. The van der Waals surface area contributed by atoms with Crippen LogP contribution in [0.3, 0.4) is 0 Å². The molecule has 0 aromatic heterocycles. The van der Waals surface area contributed by atoms with E-state index in [2.05, 4.69) is 42.2 Å². The first-order chi connectivity index (χ1) is 23.8. The Hall–Kier alpha value is -5.19. The number of amides is 8. The first kappa shape index (κ1) is 43.8. The average Bonchev–Trinajstić information content (AvgIpc) is 3.05. The quantitative estimate of drug-likeness (QED) is 0.0768. The van der Waals surface area contributed by atoms with Crippen molar-refractivity contribution >= 4 is 57.8 Å². The van der Waals surface area contributed by atoms with Gasteiger partial charge in [-0.1, -0.05) is 0 Å². The summed E-state index contributed by atoms with van der Waals surface area (Å²) in [5, 5.41) is 28.6. The highest BCUT2D eigenvalue weighted by Crippen LogP contribution is 2.07. The number of nitrogens with one attached hydrogen (secondary N) is 8. The van der Waals surface area contributed by atoms with Gasteiger partial charge in [-0.2, -0.15) is 8.42 Å². The fourth-order valence-electron chi connectivity index (χ4n) is 4.14. The molecule has 8 amide bonds. The lowest BCUT2D eigenvalue weighted by molar-refractivity contribution is -0.134. The summed E-state index contributed by atoms with van der Waals surface area (Å²) in [5.74, 6) is -5.78. The van der Waals surface area contributed by atoms with Gasteiger partial charge in [0.1, 0.15) is 29.9 Å². The van der Waals surface area contributed by atoms with Crippen LogP contribution >= 0.6 is 0 Å². The highest BCUT2D eigenvalue weighted by molar-refractivity contribution is 7.79. The molecule has 6 atom stereocenters. The van der Waals surface area contributed by atoms with E-state index < -0.39 is 114 Å². The van der Waals surface area contributed by atoms with Crippen LogP contribution in [0.15, 0.2) is 16.9 Å². The van der Waals surface area contributed by atoms with Crippen molar-refractivity contribution in [2.75, 3.05) is 32.8 Å². The topological polar surface area (TPSA) is 453 Å². The van der Waals surface area contributed by atoms with Crippen LogP contribution in [0, 0.1) is 0 Å². The van der Waals surface area contributed by atoms with Crippen LogP contribution in [0.1, 0.15) is 19.3 Å². The van der Waals surface area contributed by atoms with Gasteiger partial charge in [0.2, 0.25) is 29.5 Å². The van der Waals surface area contributed by atoms with Gasteiger partial charge in [-0.05, 0) is 25.8 Å². The number of aliphatic imine (C=N–C) groups is 1. The maximum Gasteiger partial charge on any atom is 0.394 e. The molecule has 21 N–H and O–H groups in total. The van der Waals surface area contributed by atoms with E-state index in [4.69, 9.17) is 46.2 Å². The molecule has 0 bridgehead atoms. The van der Waals surface area contributed by atoms with Crippen molar-refractivity contribution in [2.45, 2.75) is 55.5 Å². The van der Waals surface area contributed by atoms with Gasteiger partial charge in [-0.15, -0.1) is 0 Å². The molecule has 0 aliphatic carbocycles. The van der Waals surface area contributed by atoms with Crippen LogP contribution in [-0.2, 0) is 39.2 Å². The van der Waals surface area contributed by atoms with Crippen LogP contribution in [0.5, 0.6) is 0 Å². The fraction of sp³-hybridized carbons (Fsp3) is 0.583. The zero-order chi connectivity index (χ0) is 38.9. The Kier molecular flexibility index (Phi) is 18.2. The van der Waals surface area contributed by atoms with Crippen molar-refractivity contribution in [3.8, 4) is 0 Å². The molecule has 1 fully saturated rings. The molecule has 0 aromatic carbocycles. The van der Waals surface area contributed by atoms with Crippen LogP contribution in [-0.4, -0.2) is 139 Å². The molecule has 0 saturated carbocycles. The second-order valence-corrected chi connectivity index (χ2v) is 11.6. The van der Waals surface area contributed by atoms with E-state index >= 15 is 0 Å². The Labute approximate surface area is 290 Å². The second kappa shape index (κ2) is 21.1. The number of carbonyl (C=O) groups excluding carboxylic acids is 7. The molecule has 51 heavy (non-hydrogen) atoms. The Morgan fingerprint density at radius 3 is 2.20 bits per heavy atom. The van der Waals surface area contributed by atoms with Crippen LogP contribution in [0.4, 0.5) is 4.79 Å². The average molecular weight is 753 g/mol. The lowest BCUT2D eigenvalue weighted by atomic mass is 10.0. The van der Waals surface area contributed by atoms with Gasteiger partial charge in [0.15, 0.2) is 5.96 Å². The van der Waals surface area contributed by atoms with Gasteiger partial charge in [0.25, 0.3) is 5.91 Å². The number of primary amides is 1. The largest absolute Gasteiger partial charge is 0.394 e. The predicted molar refractivity (Wildman–Crippen MR) is 174 cm³/mol. The van der Waals surface area contributed by atoms with Crippen molar-refractivity contribution < 1.29 is 56.2 Å². The van der Waals surface area contributed by atoms with E-state index in [1.807, 2.05) is 5.32 Å². The number of aliphatic hydroxyl groups is 1. The number of hydrogen-bond donors (Lipinski definition) is 16. The third-order valence-corrected chi connectivity index (χ3v) is 6.71. The molecule has 2 aliphatic rings. The standard InChI is InChI=1S/C24H42N14O8.H2O4S/c25-4-1-2-10(26)17(40)32-7-13-19(42)34-14(8-33-24(29)46)20(43)38-16(12-3-5-30-23(28)37-12)22(45)31-6-11(27)18(41)36-15(9-39)21(44)35-13;1-5(2,3)4/h8,10-13,15-16,39H,1-7,9,25-27H2,(H,31,45)(H,32,40)(H,34,42)(H,35,44)(H,36,41)(H,38,43)(H3,28,30,37)(H3,29,33,46);(H2,1,2,3,4)/b14-8-;/t10-,11-,12?,13-,15?,16?;/m0./s1. The number of guanidine groups is 1. The highest BCUT2D eigenvalue weighted by atomic mass is 32.3. The highest BCUT2D eigenvalue weighted by Gasteiger charge is 2.35. The number of carbonyl (C=O) groups is 7. The minimum Gasteiger partial charge on any atom is -0.394 e. The summed E-state index contributed by atoms with van der Waals surface area (Å²) in [6.07, 6.45) is 1.61. The van der Waals surface area contributed by atoms with Crippen molar-refractivity contribution in [3.05, 3.63) is 11.9 Å². The Bertz CT molecular complexity index is 1450. The van der Waals surface area contributed by atoms with Gasteiger partial charge in [-0.3, -0.25) is 42.9 Å². The molecule has 26 nitrogen and oxygen atoms in total. The fourth-order valence-corrected chi connectivity index (χ4v) is 4.14. The smallest absolute Gasteiger partial charge is 0.394 e. The molecule has 2 heterocycles. The van der Waals surface area contributed by atoms with Gasteiger partial charge in [0, 0.05) is 25.8 Å². The number of nitrogens with zero attached hydrogens (tertiary/aromatic N) is 1. The molecule has 1 saturated heterocycles. The van der Waals surface area contributed by atoms with E-state index in [1.165, 1.54) is 0 Å². The normalized spacial score (nSPS) is 25.1. The van der Waals surface area contributed by atoms with E-state index in [0.29, 0.717) is 6.42 Å². The minimum absolute atomic E-state index is 0.0144. The Morgan fingerprint density at radius 1 is 1.00 bits per heavy atom. The summed E-state index contributed by atoms with van der Waals surface area (Å²) >= 11 is 0. The number of hydrogen-bond acceptors (Lipinski definition) is 16. The third-order valence-electron chi connectivity index (χ3n) is 6.71. The molecule has 2 aliphatic heterocycles. The van der Waals surface area contributed by atoms with Crippen LogP contribution in [0.25, 0.3) is 0 Å². The molecule has 0 radical (unpaired) electrons. The third kappa shape index (κ3) is 16.9. The van der Waals surface area contributed by atoms with E-state index in [0.717, 1.165) is 6.20 Å². The number of urea groups is 1. The van der Waals surface area contributed by atoms with E-state index in [9.17, 15) is 38.7 Å². The summed E-state index contributed by atoms with van der Waals surface area (Å²) in [6.45, 7) is -1.51. The van der Waals surface area contributed by atoms with E-state index in [-0.39, 0.29) is 31.9 Å². The summed E-state index contributed by atoms with van der Waals surface area (Å²) < 4.78 is 31.6. The molecular formula is C24H44N14O12S. The van der Waals surface area contributed by atoms with E-state index in [1.54, 1.807) is 0 Å². The molecule has 0 aromatic rings.